The summed E-state index contributed by atoms with van der Waals surface area (Å²) >= 11 is 0. The Morgan fingerprint density at radius 1 is 1.15 bits per heavy atom. The molecule has 132 valence electrons. The lowest BCUT2D eigenvalue weighted by molar-refractivity contribution is 0.433. The van der Waals surface area contributed by atoms with E-state index in [0.29, 0.717) is 5.89 Å². The van der Waals surface area contributed by atoms with Gasteiger partial charge in [0.05, 0.1) is 18.3 Å². The first-order chi connectivity index (χ1) is 12.6. The maximum absolute atomic E-state index is 5.67. The third-order valence-electron chi connectivity index (χ3n) is 4.44. The number of rotatable bonds is 5. The van der Waals surface area contributed by atoms with Crippen LogP contribution in [-0.2, 0) is 6.54 Å². The number of benzene rings is 1. The molecule has 0 aliphatic heterocycles. The molecule has 0 amide bonds. The highest BCUT2D eigenvalue weighted by molar-refractivity contribution is 5.58. The van der Waals surface area contributed by atoms with Crippen molar-refractivity contribution in [2.75, 3.05) is 0 Å². The molecule has 0 fully saturated rings. The average Bonchev–Trinajstić information content (AvgIpc) is 3.35. The predicted octanol–water partition coefficient (Wildman–Crippen LogP) is 4.28. The van der Waals surface area contributed by atoms with E-state index in [9.17, 15) is 0 Å². The summed E-state index contributed by atoms with van der Waals surface area (Å²) < 4.78 is 9.81. The molecule has 0 saturated carbocycles. The standard InChI is InChI=1S/C20H21N5O/c1-14-11-15(2)25(23-14)12-16(3)24-10-9-21-19(24)18-13-26-20(22-18)17-7-5-4-6-8-17/h4-11,13,16H,12H2,1-3H3/t16-/m0/s1. The van der Waals surface area contributed by atoms with E-state index < -0.39 is 0 Å². The van der Waals surface area contributed by atoms with Crippen LogP contribution in [0.2, 0.25) is 0 Å². The van der Waals surface area contributed by atoms with E-state index in [4.69, 9.17) is 4.42 Å². The molecule has 1 atom stereocenters. The van der Waals surface area contributed by atoms with Crippen molar-refractivity contribution in [1.82, 2.24) is 24.3 Å². The van der Waals surface area contributed by atoms with Crippen LogP contribution in [0.15, 0.2) is 59.5 Å². The molecule has 0 aliphatic carbocycles. The Balaban J connectivity index is 1.61. The smallest absolute Gasteiger partial charge is 0.226 e. The van der Waals surface area contributed by atoms with E-state index in [1.54, 1.807) is 12.5 Å². The summed E-state index contributed by atoms with van der Waals surface area (Å²) in [5, 5.41) is 4.56. The van der Waals surface area contributed by atoms with Crippen LogP contribution >= 0.6 is 0 Å². The first-order valence-corrected chi connectivity index (χ1v) is 8.67. The largest absolute Gasteiger partial charge is 0.444 e. The van der Waals surface area contributed by atoms with Gasteiger partial charge in [0.1, 0.15) is 12.0 Å². The van der Waals surface area contributed by atoms with Crippen LogP contribution in [0.25, 0.3) is 23.0 Å². The van der Waals surface area contributed by atoms with Crippen LogP contribution in [0.5, 0.6) is 0 Å². The van der Waals surface area contributed by atoms with E-state index in [2.05, 4.69) is 39.5 Å². The van der Waals surface area contributed by atoms with E-state index in [-0.39, 0.29) is 6.04 Å². The normalized spacial score (nSPS) is 12.4. The summed E-state index contributed by atoms with van der Waals surface area (Å²) in [7, 11) is 0. The Bertz CT molecular complexity index is 1010. The first kappa shape index (κ1) is 16.3. The number of oxazole rings is 1. The van der Waals surface area contributed by atoms with E-state index in [0.717, 1.165) is 35.0 Å². The number of nitrogens with zero attached hydrogens (tertiary/aromatic N) is 5. The maximum Gasteiger partial charge on any atom is 0.226 e. The molecule has 6 heteroatoms. The van der Waals surface area contributed by atoms with Crippen LogP contribution in [-0.4, -0.2) is 24.3 Å². The lowest BCUT2D eigenvalue weighted by Gasteiger charge is -2.16. The minimum Gasteiger partial charge on any atom is -0.444 e. The Morgan fingerprint density at radius 2 is 1.96 bits per heavy atom. The molecule has 26 heavy (non-hydrogen) atoms. The highest BCUT2D eigenvalue weighted by Gasteiger charge is 2.17. The number of hydrogen-bond donors (Lipinski definition) is 0. The molecule has 0 spiro atoms. The molecular weight excluding hydrogens is 326 g/mol. The summed E-state index contributed by atoms with van der Waals surface area (Å²) in [6, 6.07) is 12.1. The van der Waals surface area contributed by atoms with Crippen LogP contribution in [0.4, 0.5) is 0 Å². The first-order valence-electron chi connectivity index (χ1n) is 8.67. The third-order valence-corrected chi connectivity index (χ3v) is 4.44. The fourth-order valence-electron chi connectivity index (χ4n) is 3.15. The van der Waals surface area contributed by atoms with Crippen molar-refractivity contribution in [2.24, 2.45) is 0 Å². The van der Waals surface area contributed by atoms with Gasteiger partial charge in [0, 0.05) is 23.7 Å². The predicted molar refractivity (Wildman–Crippen MR) is 99.6 cm³/mol. The van der Waals surface area contributed by atoms with Gasteiger partial charge in [-0.1, -0.05) is 18.2 Å². The molecule has 0 radical (unpaired) electrons. The van der Waals surface area contributed by atoms with Gasteiger partial charge in [-0.25, -0.2) is 9.97 Å². The zero-order valence-electron chi connectivity index (χ0n) is 15.1. The lowest BCUT2D eigenvalue weighted by Crippen LogP contribution is -2.15. The Morgan fingerprint density at radius 3 is 2.69 bits per heavy atom. The second-order valence-corrected chi connectivity index (χ2v) is 6.52. The van der Waals surface area contributed by atoms with E-state index in [1.807, 2.05) is 48.1 Å². The van der Waals surface area contributed by atoms with Crippen molar-refractivity contribution in [2.45, 2.75) is 33.4 Å². The summed E-state index contributed by atoms with van der Waals surface area (Å²) in [5.41, 5.74) is 3.87. The number of imidazole rings is 1. The van der Waals surface area contributed by atoms with Gasteiger partial charge in [0.25, 0.3) is 0 Å². The van der Waals surface area contributed by atoms with Gasteiger partial charge in [-0.3, -0.25) is 4.68 Å². The fraction of sp³-hybridized carbons (Fsp3) is 0.250. The maximum atomic E-state index is 5.67. The summed E-state index contributed by atoms with van der Waals surface area (Å²) in [5.74, 6) is 1.39. The van der Waals surface area contributed by atoms with Crippen LogP contribution in [0.1, 0.15) is 24.4 Å². The molecule has 0 aliphatic rings. The SMILES string of the molecule is Cc1cc(C)n(C[C@H](C)n2ccnc2-c2coc(-c3ccccc3)n2)n1. The summed E-state index contributed by atoms with van der Waals surface area (Å²) in [6.07, 6.45) is 5.43. The average molecular weight is 347 g/mol. The molecule has 3 heterocycles. The summed E-state index contributed by atoms with van der Waals surface area (Å²) in [4.78, 5) is 9.12. The van der Waals surface area contributed by atoms with E-state index >= 15 is 0 Å². The van der Waals surface area contributed by atoms with Crippen molar-refractivity contribution in [3.8, 4) is 23.0 Å². The number of aryl methyl sites for hydroxylation is 2. The van der Waals surface area contributed by atoms with Crippen molar-refractivity contribution in [3.05, 3.63) is 66.4 Å². The number of hydrogen-bond acceptors (Lipinski definition) is 4. The van der Waals surface area contributed by atoms with Crippen molar-refractivity contribution in [3.63, 3.8) is 0 Å². The molecule has 4 rings (SSSR count). The molecule has 0 bridgehead atoms. The van der Waals surface area contributed by atoms with Crippen molar-refractivity contribution >= 4 is 0 Å². The van der Waals surface area contributed by atoms with Crippen molar-refractivity contribution < 1.29 is 4.42 Å². The highest BCUT2D eigenvalue weighted by Crippen LogP contribution is 2.25. The van der Waals surface area contributed by atoms with E-state index in [1.165, 1.54) is 0 Å². The quantitative estimate of drug-likeness (QED) is 0.540. The molecule has 0 N–H and O–H groups in total. The Kier molecular flexibility index (Phi) is 4.16. The monoisotopic (exact) mass is 347 g/mol. The van der Waals surface area contributed by atoms with Crippen LogP contribution in [0, 0.1) is 13.8 Å². The molecular formula is C20H21N5O. The number of aromatic nitrogens is 5. The molecule has 3 aromatic heterocycles. The zero-order valence-corrected chi connectivity index (χ0v) is 15.1. The molecule has 1 aromatic carbocycles. The van der Waals surface area contributed by atoms with Crippen LogP contribution in [0.3, 0.4) is 0 Å². The lowest BCUT2D eigenvalue weighted by atomic mass is 10.2. The highest BCUT2D eigenvalue weighted by atomic mass is 16.3. The minimum absolute atomic E-state index is 0.183. The topological polar surface area (TPSA) is 61.7 Å². The van der Waals surface area contributed by atoms with Gasteiger partial charge in [0.15, 0.2) is 5.82 Å². The second-order valence-electron chi connectivity index (χ2n) is 6.52. The van der Waals surface area contributed by atoms with Gasteiger partial charge < -0.3 is 8.98 Å². The Labute approximate surface area is 152 Å². The molecule has 6 nitrogen and oxygen atoms in total. The second kappa shape index (κ2) is 6.63. The zero-order chi connectivity index (χ0) is 18.1. The van der Waals surface area contributed by atoms with Gasteiger partial charge in [0.2, 0.25) is 5.89 Å². The van der Waals surface area contributed by atoms with Gasteiger partial charge in [-0.05, 0) is 39.0 Å². The van der Waals surface area contributed by atoms with Gasteiger partial charge in [-0.2, -0.15) is 5.10 Å². The third kappa shape index (κ3) is 3.06. The molecule has 0 saturated heterocycles. The molecule has 4 aromatic rings. The Hall–Kier alpha value is -3.15. The minimum atomic E-state index is 0.183. The van der Waals surface area contributed by atoms with Crippen molar-refractivity contribution in [1.29, 1.82) is 0 Å². The summed E-state index contributed by atoms with van der Waals surface area (Å²) in [6.45, 7) is 7.01. The van der Waals surface area contributed by atoms with Gasteiger partial charge in [-0.15, -0.1) is 0 Å². The van der Waals surface area contributed by atoms with Gasteiger partial charge >= 0.3 is 0 Å². The van der Waals surface area contributed by atoms with Crippen LogP contribution < -0.4 is 0 Å². The molecule has 0 unspecified atom stereocenters. The fourth-order valence-corrected chi connectivity index (χ4v) is 3.15.